The molecule has 0 heterocycles. The summed E-state index contributed by atoms with van der Waals surface area (Å²) < 4.78 is 27.0. The van der Waals surface area contributed by atoms with Gasteiger partial charge in [-0.15, -0.1) is 0 Å². The molecule has 0 unspecified atom stereocenters. The van der Waals surface area contributed by atoms with Gasteiger partial charge in [-0.3, -0.25) is 4.79 Å². The molecule has 1 amide bonds. The predicted molar refractivity (Wildman–Crippen MR) is 64.0 cm³/mol. The summed E-state index contributed by atoms with van der Waals surface area (Å²) in [7, 11) is 0. The van der Waals surface area contributed by atoms with Crippen LogP contribution in [-0.2, 0) is 0 Å². The van der Waals surface area contributed by atoms with Crippen LogP contribution in [-0.4, -0.2) is 23.2 Å². The molecule has 1 aromatic rings. The van der Waals surface area contributed by atoms with E-state index in [1.807, 2.05) is 0 Å². The number of nitrogen functional groups attached to an aromatic ring is 1. The number of hydrogen-bond acceptors (Lipinski definition) is 3. The lowest BCUT2D eigenvalue weighted by Gasteiger charge is -2.25. The Morgan fingerprint density at radius 3 is 2.61 bits per heavy atom. The molecule has 0 aliphatic rings. The summed E-state index contributed by atoms with van der Waals surface area (Å²) in [5, 5.41) is 11.3. The molecule has 0 aromatic heterocycles. The molecular formula is C12H16F2N2O2. The first-order valence-electron chi connectivity index (χ1n) is 5.45. The Balaban J connectivity index is 3.02. The zero-order valence-electron chi connectivity index (χ0n) is 10.3. The van der Waals surface area contributed by atoms with Crippen molar-refractivity contribution in [3.05, 3.63) is 29.3 Å². The summed E-state index contributed by atoms with van der Waals surface area (Å²) in [6, 6.07) is 1.99. The second kappa shape index (κ2) is 5.30. The van der Waals surface area contributed by atoms with Crippen molar-refractivity contribution in [2.45, 2.75) is 25.8 Å². The molecular weight excluding hydrogens is 242 g/mol. The molecule has 18 heavy (non-hydrogen) atoms. The minimum Gasteiger partial charge on any atom is -0.396 e. The van der Waals surface area contributed by atoms with Crippen molar-refractivity contribution in [1.29, 1.82) is 0 Å². The van der Waals surface area contributed by atoms with E-state index < -0.39 is 28.6 Å². The number of hydrogen-bond donors (Lipinski definition) is 3. The molecule has 1 aromatic carbocycles. The molecule has 0 aliphatic carbocycles. The molecule has 0 fully saturated rings. The highest BCUT2D eigenvalue weighted by molar-refractivity contribution is 5.96. The number of nitrogens with two attached hydrogens (primary N) is 1. The molecule has 0 spiro atoms. The highest BCUT2D eigenvalue weighted by atomic mass is 19.1. The van der Waals surface area contributed by atoms with E-state index in [2.05, 4.69) is 5.32 Å². The van der Waals surface area contributed by atoms with Gasteiger partial charge in [0.05, 0.1) is 5.69 Å². The van der Waals surface area contributed by atoms with Crippen molar-refractivity contribution >= 4 is 11.6 Å². The van der Waals surface area contributed by atoms with Gasteiger partial charge in [0.15, 0.2) is 5.82 Å². The van der Waals surface area contributed by atoms with Crippen LogP contribution in [0.4, 0.5) is 14.5 Å². The van der Waals surface area contributed by atoms with Crippen LogP contribution in [0.3, 0.4) is 0 Å². The molecule has 0 atom stereocenters. The standard InChI is InChI=1S/C12H16F2N2O2/c1-12(2,5-6-17)16-11(18)9-7(13)3-4-8(15)10(9)14/h3-4,17H,5-6,15H2,1-2H3,(H,16,18). The third-order valence-corrected chi connectivity index (χ3v) is 2.54. The monoisotopic (exact) mass is 258 g/mol. The summed E-state index contributed by atoms with van der Waals surface area (Å²) >= 11 is 0. The Morgan fingerprint density at radius 2 is 2.06 bits per heavy atom. The van der Waals surface area contributed by atoms with Crippen LogP contribution in [0.2, 0.25) is 0 Å². The molecule has 0 saturated heterocycles. The number of rotatable bonds is 4. The van der Waals surface area contributed by atoms with Gasteiger partial charge in [0.25, 0.3) is 5.91 Å². The summed E-state index contributed by atoms with van der Waals surface area (Å²) in [4.78, 5) is 11.8. The smallest absolute Gasteiger partial charge is 0.257 e. The molecule has 0 bridgehead atoms. The van der Waals surface area contributed by atoms with Crippen LogP contribution in [0, 0.1) is 11.6 Å². The number of halogens is 2. The summed E-state index contributed by atoms with van der Waals surface area (Å²) in [5.41, 5.74) is 3.52. The first kappa shape index (κ1) is 14.4. The van der Waals surface area contributed by atoms with Gasteiger partial charge in [0.1, 0.15) is 11.4 Å². The van der Waals surface area contributed by atoms with Crippen molar-refractivity contribution in [3.8, 4) is 0 Å². The van der Waals surface area contributed by atoms with E-state index >= 15 is 0 Å². The Morgan fingerprint density at radius 1 is 1.44 bits per heavy atom. The van der Waals surface area contributed by atoms with E-state index in [9.17, 15) is 13.6 Å². The maximum absolute atomic E-state index is 13.6. The van der Waals surface area contributed by atoms with Crippen LogP contribution in [0.1, 0.15) is 30.6 Å². The number of carbonyl (C=O) groups excluding carboxylic acids is 1. The minimum atomic E-state index is -1.08. The topological polar surface area (TPSA) is 75.3 Å². The van der Waals surface area contributed by atoms with Crippen molar-refractivity contribution < 1.29 is 18.7 Å². The number of benzene rings is 1. The number of anilines is 1. The lowest BCUT2D eigenvalue weighted by atomic mass is 10.0. The Hall–Kier alpha value is -1.69. The van der Waals surface area contributed by atoms with Gasteiger partial charge in [0, 0.05) is 12.1 Å². The fourth-order valence-corrected chi connectivity index (χ4v) is 1.49. The van der Waals surface area contributed by atoms with Gasteiger partial charge in [0.2, 0.25) is 0 Å². The normalized spacial score (nSPS) is 11.4. The Bertz CT molecular complexity index is 462. The van der Waals surface area contributed by atoms with E-state index in [-0.39, 0.29) is 18.7 Å². The minimum absolute atomic E-state index is 0.144. The molecule has 4 N–H and O–H groups in total. The van der Waals surface area contributed by atoms with E-state index in [0.29, 0.717) is 0 Å². The van der Waals surface area contributed by atoms with Crippen LogP contribution in [0.25, 0.3) is 0 Å². The van der Waals surface area contributed by atoms with Crippen molar-refractivity contribution in [2.75, 3.05) is 12.3 Å². The number of aliphatic hydroxyl groups is 1. The Kier molecular flexibility index (Phi) is 4.24. The van der Waals surface area contributed by atoms with Gasteiger partial charge in [-0.05, 0) is 32.4 Å². The van der Waals surface area contributed by atoms with Gasteiger partial charge in [-0.1, -0.05) is 0 Å². The highest BCUT2D eigenvalue weighted by Crippen LogP contribution is 2.19. The molecule has 6 heteroatoms. The molecule has 4 nitrogen and oxygen atoms in total. The molecule has 1 rings (SSSR count). The first-order valence-corrected chi connectivity index (χ1v) is 5.45. The van der Waals surface area contributed by atoms with Crippen molar-refractivity contribution in [1.82, 2.24) is 5.32 Å². The van der Waals surface area contributed by atoms with Gasteiger partial charge in [-0.2, -0.15) is 0 Å². The van der Waals surface area contributed by atoms with E-state index in [4.69, 9.17) is 10.8 Å². The summed E-state index contributed by atoms with van der Waals surface area (Å²) in [6.07, 6.45) is 0.268. The lowest BCUT2D eigenvalue weighted by Crippen LogP contribution is -2.44. The quantitative estimate of drug-likeness (QED) is 0.715. The molecule has 0 saturated carbocycles. The second-order valence-corrected chi connectivity index (χ2v) is 4.64. The first-order chi connectivity index (χ1) is 8.28. The van der Waals surface area contributed by atoms with Gasteiger partial charge in [-0.25, -0.2) is 8.78 Å². The number of carbonyl (C=O) groups is 1. The van der Waals surface area contributed by atoms with Gasteiger partial charge < -0.3 is 16.2 Å². The maximum Gasteiger partial charge on any atom is 0.257 e. The van der Waals surface area contributed by atoms with Crippen molar-refractivity contribution in [3.63, 3.8) is 0 Å². The average Bonchev–Trinajstić information content (AvgIpc) is 2.23. The van der Waals surface area contributed by atoms with Crippen molar-refractivity contribution in [2.24, 2.45) is 0 Å². The van der Waals surface area contributed by atoms with E-state index in [1.165, 1.54) is 0 Å². The zero-order chi connectivity index (χ0) is 13.9. The maximum atomic E-state index is 13.6. The number of amides is 1. The lowest BCUT2D eigenvalue weighted by molar-refractivity contribution is 0.0891. The van der Waals surface area contributed by atoms with Crippen LogP contribution < -0.4 is 11.1 Å². The van der Waals surface area contributed by atoms with Gasteiger partial charge >= 0.3 is 0 Å². The number of nitrogens with one attached hydrogen (secondary N) is 1. The SMILES string of the molecule is CC(C)(CCO)NC(=O)c1c(F)ccc(N)c1F. The third kappa shape index (κ3) is 3.16. The summed E-state index contributed by atoms with van der Waals surface area (Å²) in [5.74, 6) is -2.94. The fraction of sp³-hybridized carbons (Fsp3) is 0.417. The average molecular weight is 258 g/mol. The molecule has 100 valence electrons. The number of aliphatic hydroxyl groups excluding tert-OH is 1. The second-order valence-electron chi connectivity index (χ2n) is 4.64. The largest absolute Gasteiger partial charge is 0.396 e. The van der Waals surface area contributed by atoms with E-state index in [1.54, 1.807) is 13.8 Å². The zero-order valence-corrected chi connectivity index (χ0v) is 10.3. The summed E-state index contributed by atoms with van der Waals surface area (Å²) in [6.45, 7) is 3.14. The Labute approximate surface area is 104 Å². The third-order valence-electron chi connectivity index (χ3n) is 2.54. The predicted octanol–water partition coefficient (Wildman–Crippen LogP) is 1.44. The molecule has 0 aliphatic heterocycles. The highest BCUT2D eigenvalue weighted by Gasteiger charge is 2.25. The van der Waals surface area contributed by atoms with Crippen LogP contribution in [0.15, 0.2) is 12.1 Å². The molecule has 0 radical (unpaired) electrons. The van der Waals surface area contributed by atoms with Crippen LogP contribution in [0.5, 0.6) is 0 Å². The van der Waals surface area contributed by atoms with Crippen LogP contribution >= 0.6 is 0 Å². The van der Waals surface area contributed by atoms with E-state index in [0.717, 1.165) is 12.1 Å². The fourth-order valence-electron chi connectivity index (χ4n) is 1.49.